The molecule has 27 heavy (non-hydrogen) atoms. The molecular weight excluding hydrogens is 352 g/mol. The minimum absolute atomic E-state index is 0.0338. The third-order valence-corrected chi connectivity index (χ3v) is 4.53. The van der Waals surface area contributed by atoms with Gasteiger partial charge in [0.2, 0.25) is 5.95 Å². The number of nitrogens with zero attached hydrogens (tertiary/aromatic N) is 4. The minimum Gasteiger partial charge on any atom is -0.394 e. The van der Waals surface area contributed by atoms with E-state index in [1.165, 1.54) is 10.9 Å². The van der Waals surface area contributed by atoms with Crippen LogP contribution in [-0.4, -0.2) is 59.8 Å². The zero-order chi connectivity index (χ0) is 19.0. The molecule has 0 amide bonds. The first-order valence-electron chi connectivity index (χ1n) is 8.48. The Morgan fingerprint density at radius 1 is 1.15 bits per heavy atom. The number of rotatable bonds is 5. The van der Waals surface area contributed by atoms with Crippen molar-refractivity contribution in [1.82, 2.24) is 19.5 Å². The Balaban J connectivity index is 1.66. The van der Waals surface area contributed by atoms with Gasteiger partial charge in [-0.05, 0) is 5.56 Å². The van der Waals surface area contributed by atoms with Crippen LogP contribution >= 0.6 is 0 Å². The van der Waals surface area contributed by atoms with Gasteiger partial charge in [0.1, 0.15) is 18.3 Å². The zero-order valence-electron chi connectivity index (χ0n) is 14.3. The Kier molecular flexibility index (Phi) is 4.62. The van der Waals surface area contributed by atoms with Crippen LogP contribution in [0.3, 0.4) is 0 Å². The van der Waals surface area contributed by atoms with Gasteiger partial charge < -0.3 is 31.1 Å². The molecule has 1 aliphatic rings. The number of fused-ring (bicyclic) bond motifs is 1. The van der Waals surface area contributed by atoms with Gasteiger partial charge in [-0.3, -0.25) is 4.57 Å². The van der Waals surface area contributed by atoms with E-state index in [0.29, 0.717) is 23.5 Å². The second-order valence-electron chi connectivity index (χ2n) is 6.32. The molecule has 10 heteroatoms. The van der Waals surface area contributed by atoms with Gasteiger partial charge in [-0.2, -0.15) is 9.97 Å². The summed E-state index contributed by atoms with van der Waals surface area (Å²) < 4.78 is 7.02. The lowest BCUT2D eigenvalue weighted by molar-refractivity contribution is -0.0511. The second-order valence-corrected chi connectivity index (χ2v) is 6.32. The van der Waals surface area contributed by atoms with Crippen molar-refractivity contribution in [2.75, 3.05) is 17.7 Å². The van der Waals surface area contributed by atoms with Crippen molar-refractivity contribution in [3.8, 4) is 0 Å². The van der Waals surface area contributed by atoms with Crippen LogP contribution in [0, 0.1) is 0 Å². The number of aliphatic hydroxyl groups is 3. The van der Waals surface area contributed by atoms with Crippen molar-refractivity contribution < 1.29 is 20.1 Å². The number of benzene rings is 1. The molecule has 0 unspecified atom stereocenters. The largest absolute Gasteiger partial charge is 0.394 e. The van der Waals surface area contributed by atoms with E-state index in [1.54, 1.807) is 0 Å². The highest BCUT2D eigenvalue weighted by molar-refractivity contribution is 5.84. The summed E-state index contributed by atoms with van der Waals surface area (Å²) in [5, 5.41) is 32.7. The fourth-order valence-electron chi connectivity index (χ4n) is 3.13. The molecule has 142 valence electrons. The first kappa shape index (κ1) is 17.6. The number of nitrogens with one attached hydrogen (secondary N) is 1. The molecule has 4 rings (SSSR count). The third kappa shape index (κ3) is 3.19. The van der Waals surface area contributed by atoms with Crippen LogP contribution in [0.25, 0.3) is 11.2 Å². The van der Waals surface area contributed by atoms with Crippen LogP contribution in [-0.2, 0) is 11.3 Å². The maximum Gasteiger partial charge on any atom is 0.224 e. The molecule has 0 saturated carbocycles. The van der Waals surface area contributed by atoms with Crippen molar-refractivity contribution in [3.05, 3.63) is 42.2 Å². The summed E-state index contributed by atoms with van der Waals surface area (Å²) in [5.74, 6) is 0.485. The van der Waals surface area contributed by atoms with E-state index in [4.69, 9.17) is 10.5 Å². The Labute approximate surface area is 154 Å². The predicted octanol–water partition coefficient (Wildman–Crippen LogP) is -0.368. The number of nitrogen functional groups attached to an aromatic ring is 1. The molecule has 1 saturated heterocycles. The Bertz CT molecular complexity index is 934. The van der Waals surface area contributed by atoms with Crippen LogP contribution in [0.15, 0.2) is 36.7 Å². The predicted molar refractivity (Wildman–Crippen MR) is 96.5 cm³/mol. The molecule has 3 aromatic rings. The van der Waals surface area contributed by atoms with Gasteiger partial charge in [-0.15, -0.1) is 0 Å². The summed E-state index contributed by atoms with van der Waals surface area (Å²) in [6.45, 7) is 0.107. The third-order valence-electron chi connectivity index (χ3n) is 4.53. The van der Waals surface area contributed by atoms with E-state index in [-0.39, 0.29) is 5.95 Å². The molecule has 0 spiro atoms. The normalized spacial score (nSPS) is 25.1. The summed E-state index contributed by atoms with van der Waals surface area (Å²) in [7, 11) is 0. The monoisotopic (exact) mass is 372 g/mol. The van der Waals surface area contributed by atoms with Gasteiger partial charge in [0.05, 0.1) is 12.9 Å². The van der Waals surface area contributed by atoms with Gasteiger partial charge >= 0.3 is 0 Å². The van der Waals surface area contributed by atoms with Crippen molar-refractivity contribution in [3.63, 3.8) is 0 Å². The lowest BCUT2D eigenvalue weighted by Gasteiger charge is -2.16. The quantitative estimate of drug-likeness (QED) is 0.404. The van der Waals surface area contributed by atoms with Crippen molar-refractivity contribution in [2.45, 2.75) is 31.1 Å². The number of hydrogen-bond acceptors (Lipinski definition) is 9. The number of nitrogens with two attached hydrogens (primary N) is 1. The maximum atomic E-state index is 10.3. The Hall–Kier alpha value is -2.79. The average Bonchev–Trinajstić information content (AvgIpc) is 3.22. The first-order chi connectivity index (χ1) is 13.1. The number of imidazole rings is 1. The summed E-state index contributed by atoms with van der Waals surface area (Å²) >= 11 is 0. The number of aliphatic hydroxyl groups excluding tert-OH is 3. The number of hydrogen-bond donors (Lipinski definition) is 5. The van der Waals surface area contributed by atoms with Gasteiger partial charge in [-0.25, -0.2) is 4.98 Å². The van der Waals surface area contributed by atoms with E-state index in [0.717, 1.165) is 5.56 Å². The molecule has 3 heterocycles. The molecule has 1 fully saturated rings. The van der Waals surface area contributed by atoms with Crippen molar-refractivity contribution in [2.24, 2.45) is 0 Å². The molecule has 2 aromatic heterocycles. The fourth-order valence-corrected chi connectivity index (χ4v) is 3.13. The maximum absolute atomic E-state index is 10.3. The van der Waals surface area contributed by atoms with Crippen LogP contribution in [0.2, 0.25) is 0 Å². The van der Waals surface area contributed by atoms with E-state index < -0.39 is 31.1 Å². The smallest absolute Gasteiger partial charge is 0.224 e. The molecule has 10 nitrogen and oxygen atoms in total. The van der Waals surface area contributed by atoms with Gasteiger partial charge in [-0.1, -0.05) is 30.3 Å². The second kappa shape index (κ2) is 7.08. The lowest BCUT2D eigenvalue weighted by Crippen LogP contribution is -2.33. The summed E-state index contributed by atoms with van der Waals surface area (Å²) in [5.41, 5.74) is 7.71. The molecule has 4 atom stereocenters. The summed E-state index contributed by atoms with van der Waals surface area (Å²) in [6, 6.07) is 9.78. The standard InChI is InChI=1S/C17H20N6O4/c18-17-21-14(19-6-9-4-2-1-3-5-9)11-15(22-17)23(8-20-11)16-13(26)12(25)10(7-24)27-16/h1-5,8,10,12-13,16,24-26H,6-7H2,(H3,18,19,21,22)/t10-,12+,13+,16-/m1/s1. The van der Waals surface area contributed by atoms with Crippen LogP contribution in [0.5, 0.6) is 0 Å². The number of anilines is 2. The van der Waals surface area contributed by atoms with Gasteiger partial charge in [0, 0.05) is 6.54 Å². The zero-order valence-corrected chi connectivity index (χ0v) is 14.3. The lowest BCUT2D eigenvalue weighted by atomic mass is 10.1. The molecule has 6 N–H and O–H groups in total. The summed E-state index contributed by atoms with van der Waals surface area (Å²) in [4.78, 5) is 12.7. The first-order valence-corrected chi connectivity index (χ1v) is 8.48. The van der Waals surface area contributed by atoms with Crippen molar-refractivity contribution >= 4 is 22.9 Å². The molecule has 1 aliphatic heterocycles. The SMILES string of the molecule is Nc1nc(NCc2ccccc2)c2ncn([C@@H]3O[C@H](CO)[C@H](O)[C@@H]3O)c2n1. The average molecular weight is 372 g/mol. The number of aromatic nitrogens is 4. The highest BCUT2D eigenvalue weighted by Crippen LogP contribution is 2.32. The van der Waals surface area contributed by atoms with Gasteiger partial charge in [0.15, 0.2) is 23.2 Å². The van der Waals surface area contributed by atoms with Gasteiger partial charge in [0.25, 0.3) is 0 Å². The van der Waals surface area contributed by atoms with Crippen molar-refractivity contribution in [1.29, 1.82) is 0 Å². The molecule has 0 bridgehead atoms. The molecule has 1 aromatic carbocycles. The minimum atomic E-state index is -1.24. The van der Waals surface area contributed by atoms with Crippen LogP contribution < -0.4 is 11.1 Å². The highest BCUT2D eigenvalue weighted by Gasteiger charge is 2.44. The van der Waals surface area contributed by atoms with E-state index in [2.05, 4.69) is 20.3 Å². The Morgan fingerprint density at radius 3 is 2.63 bits per heavy atom. The highest BCUT2D eigenvalue weighted by atomic mass is 16.6. The van der Waals surface area contributed by atoms with E-state index in [9.17, 15) is 15.3 Å². The number of ether oxygens (including phenoxy) is 1. The fraction of sp³-hybridized carbons (Fsp3) is 0.353. The van der Waals surface area contributed by atoms with E-state index in [1.807, 2.05) is 30.3 Å². The molecule has 0 aliphatic carbocycles. The molecular formula is C17H20N6O4. The van der Waals surface area contributed by atoms with Crippen LogP contribution in [0.4, 0.5) is 11.8 Å². The van der Waals surface area contributed by atoms with Crippen LogP contribution in [0.1, 0.15) is 11.8 Å². The molecule has 0 radical (unpaired) electrons. The topological polar surface area (TPSA) is 152 Å². The van der Waals surface area contributed by atoms with E-state index >= 15 is 0 Å². The summed E-state index contributed by atoms with van der Waals surface area (Å²) in [6.07, 6.45) is -2.85. The Morgan fingerprint density at radius 2 is 1.93 bits per heavy atom.